The maximum absolute atomic E-state index is 10.1. The molecular weight excluding hydrogens is 304 g/mol. The van der Waals surface area contributed by atoms with Crippen molar-refractivity contribution in [2.45, 2.75) is 64.3 Å². The highest BCUT2D eigenvalue weighted by atomic mass is 16.7. The van der Waals surface area contributed by atoms with Crippen molar-refractivity contribution in [3.8, 4) is 18.2 Å². The van der Waals surface area contributed by atoms with Crippen LogP contribution in [0.2, 0.25) is 0 Å². The molecule has 0 amide bonds. The van der Waals surface area contributed by atoms with Gasteiger partial charge in [-0.15, -0.1) is 0 Å². The Morgan fingerprint density at radius 1 is 1.17 bits per heavy atom. The van der Waals surface area contributed by atoms with Crippen molar-refractivity contribution < 1.29 is 9.47 Å². The lowest BCUT2D eigenvalue weighted by molar-refractivity contribution is -0.302. The first kappa shape index (κ1) is 16.7. The molecule has 0 aromatic carbocycles. The minimum Gasteiger partial charge on any atom is -0.447 e. The van der Waals surface area contributed by atoms with E-state index in [1.807, 2.05) is 13.8 Å². The minimum absolute atomic E-state index is 0.0359. The van der Waals surface area contributed by atoms with Gasteiger partial charge < -0.3 is 9.47 Å². The van der Waals surface area contributed by atoms with Crippen LogP contribution in [0.5, 0.6) is 0 Å². The first-order valence-corrected chi connectivity index (χ1v) is 8.71. The maximum Gasteiger partial charge on any atom is 0.217 e. The Morgan fingerprint density at radius 2 is 1.83 bits per heavy atom. The van der Waals surface area contributed by atoms with E-state index in [0.717, 1.165) is 25.7 Å². The van der Waals surface area contributed by atoms with Crippen molar-refractivity contribution in [2.75, 3.05) is 0 Å². The van der Waals surface area contributed by atoms with Gasteiger partial charge in [0.1, 0.15) is 0 Å². The highest BCUT2D eigenvalue weighted by Gasteiger charge is 2.80. The molecule has 1 aliphatic carbocycles. The average molecular weight is 326 g/mol. The lowest BCUT2D eigenvalue weighted by atomic mass is 9.50. The molecule has 1 N–H and O–H groups in total. The molecular formula is C18H22N4O2. The lowest BCUT2D eigenvalue weighted by Crippen LogP contribution is -2.64. The number of hydrogen-bond donors (Lipinski definition) is 1. The first-order valence-electron chi connectivity index (χ1n) is 8.71. The molecule has 0 spiro atoms. The van der Waals surface area contributed by atoms with Gasteiger partial charge in [-0.25, -0.2) is 0 Å². The fourth-order valence-corrected chi connectivity index (χ4v) is 5.05. The predicted octanol–water partition coefficient (Wildman–Crippen LogP) is 3.26. The van der Waals surface area contributed by atoms with Gasteiger partial charge in [-0.2, -0.15) is 15.8 Å². The molecule has 4 unspecified atom stereocenters. The second-order valence-electron chi connectivity index (χ2n) is 7.11. The SMILES string of the molecule is CCC(CC)C1OC23CCCCC2C(C#N)(C(=N)O3)C1(C#N)C#N. The average Bonchev–Trinajstić information content (AvgIpc) is 2.82. The van der Waals surface area contributed by atoms with Crippen molar-refractivity contribution in [3.63, 3.8) is 0 Å². The molecule has 6 heteroatoms. The van der Waals surface area contributed by atoms with Crippen molar-refractivity contribution in [1.82, 2.24) is 0 Å². The Labute approximate surface area is 142 Å². The third-order valence-electron chi connectivity index (χ3n) is 6.34. The van der Waals surface area contributed by atoms with E-state index in [1.54, 1.807) is 0 Å². The highest BCUT2D eigenvalue weighted by molar-refractivity contribution is 5.89. The Bertz CT molecular complexity index is 667. The van der Waals surface area contributed by atoms with Crippen LogP contribution in [-0.2, 0) is 9.47 Å². The Kier molecular flexibility index (Phi) is 3.82. The highest BCUT2D eigenvalue weighted by Crippen LogP contribution is 2.67. The monoisotopic (exact) mass is 326 g/mol. The summed E-state index contributed by atoms with van der Waals surface area (Å²) in [6.07, 6.45) is 3.78. The number of hydrogen-bond acceptors (Lipinski definition) is 6. The van der Waals surface area contributed by atoms with Crippen LogP contribution >= 0.6 is 0 Å². The van der Waals surface area contributed by atoms with Crippen LogP contribution in [0.15, 0.2) is 0 Å². The van der Waals surface area contributed by atoms with E-state index < -0.39 is 28.6 Å². The Hall–Kier alpha value is -2.10. The van der Waals surface area contributed by atoms with E-state index in [2.05, 4.69) is 18.2 Å². The van der Waals surface area contributed by atoms with Crippen LogP contribution in [0.25, 0.3) is 0 Å². The summed E-state index contributed by atoms with van der Waals surface area (Å²) >= 11 is 0. The van der Waals surface area contributed by atoms with Gasteiger partial charge in [0, 0.05) is 6.42 Å². The number of ether oxygens (including phenoxy) is 2. The summed E-state index contributed by atoms with van der Waals surface area (Å²) in [6, 6.07) is 6.44. The maximum atomic E-state index is 10.1. The Balaban J connectivity index is 2.28. The molecule has 2 saturated heterocycles. The summed E-state index contributed by atoms with van der Waals surface area (Å²) in [4.78, 5) is 0. The third-order valence-corrected chi connectivity index (χ3v) is 6.34. The zero-order chi connectivity index (χ0) is 17.6. The molecule has 0 aromatic rings. The summed E-state index contributed by atoms with van der Waals surface area (Å²) in [7, 11) is 0. The second kappa shape index (κ2) is 5.47. The number of nitrogens with one attached hydrogen (secondary N) is 1. The third kappa shape index (κ3) is 1.64. The summed E-state index contributed by atoms with van der Waals surface area (Å²) in [5, 5.41) is 38.5. The van der Waals surface area contributed by atoms with Crippen molar-refractivity contribution in [3.05, 3.63) is 0 Å². The lowest BCUT2D eigenvalue weighted by Gasteiger charge is -2.53. The van der Waals surface area contributed by atoms with Crippen LogP contribution in [-0.4, -0.2) is 17.8 Å². The van der Waals surface area contributed by atoms with Crippen LogP contribution in [0.1, 0.15) is 52.4 Å². The molecule has 24 heavy (non-hydrogen) atoms. The number of nitriles is 3. The van der Waals surface area contributed by atoms with Gasteiger partial charge in [0.25, 0.3) is 0 Å². The quantitative estimate of drug-likeness (QED) is 0.855. The van der Waals surface area contributed by atoms with E-state index in [9.17, 15) is 15.8 Å². The largest absolute Gasteiger partial charge is 0.447 e. The first-order chi connectivity index (χ1) is 11.5. The summed E-state index contributed by atoms with van der Waals surface area (Å²) in [6.45, 7) is 3.99. The molecule has 2 heterocycles. The Morgan fingerprint density at radius 3 is 2.38 bits per heavy atom. The molecule has 2 aliphatic heterocycles. The summed E-state index contributed by atoms with van der Waals surface area (Å²) in [5.41, 5.74) is -3.25. The van der Waals surface area contributed by atoms with Crippen molar-refractivity contribution >= 4 is 5.90 Å². The van der Waals surface area contributed by atoms with Crippen LogP contribution in [0.3, 0.4) is 0 Å². The summed E-state index contributed by atoms with van der Waals surface area (Å²) in [5.74, 6) is -1.74. The van der Waals surface area contributed by atoms with Gasteiger partial charge in [-0.1, -0.05) is 33.1 Å². The molecule has 0 aromatic heterocycles. The topological polar surface area (TPSA) is 114 Å². The van der Waals surface area contributed by atoms with Gasteiger partial charge in [-0.05, 0) is 18.8 Å². The fraction of sp³-hybridized carbons (Fsp3) is 0.778. The van der Waals surface area contributed by atoms with Gasteiger partial charge in [-0.3, -0.25) is 5.41 Å². The van der Waals surface area contributed by atoms with E-state index in [0.29, 0.717) is 12.8 Å². The standard InChI is InChI=1S/C18H22N4O2/c1-3-12(4-2)14-16(9-19,10-20)17(11-21)13-7-5-6-8-18(13,23-14)24-15(17)22/h12-14,22H,3-8H2,1-2H3. The molecule has 126 valence electrons. The predicted molar refractivity (Wildman–Crippen MR) is 84.2 cm³/mol. The van der Waals surface area contributed by atoms with Crippen molar-refractivity contribution in [2.24, 2.45) is 22.7 Å². The van der Waals surface area contributed by atoms with Gasteiger partial charge in [0.05, 0.1) is 30.2 Å². The van der Waals surface area contributed by atoms with E-state index in [1.165, 1.54) is 0 Å². The molecule has 0 radical (unpaired) electrons. The normalized spacial score (nSPS) is 39.2. The molecule has 3 rings (SSSR count). The zero-order valence-corrected chi connectivity index (χ0v) is 14.1. The van der Waals surface area contributed by atoms with Gasteiger partial charge >= 0.3 is 0 Å². The van der Waals surface area contributed by atoms with E-state index in [-0.39, 0.29) is 11.8 Å². The molecule has 2 bridgehead atoms. The fourth-order valence-electron chi connectivity index (χ4n) is 5.05. The van der Waals surface area contributed by atoms with Crippen LogP contribution in [0.4, 0.5) is 0 Å². The van der Waals surface area contributed by atoms with Gasteiger partial charge in [0.2, 0.25) is 11.7 Å². The van der Waals surface area contributed by atoms with Gasteiger partial charge in [0.15, 0.2) is 10.8 Å². The minimum atomic E-state index is -1.71. The molecule has 4 atom stereocenters. The van der Waals surface area contributed by atoms with Crippen LogP contribution < -0.4 is 0 Å². The van der Waals surface area contributed by atoms with E-state index in [4.69, 9.17) is 14.9 Å². The van der Waals surface area contributed by atoms with Crippen LogP contribution in [0, 0.1) is 62.1 Å². The van der Waals surface area contributed by atoms with E-state index >= 15 is 0 Å². The smallest absolute Gasteiger partial charge is 0.217 e. The summed E-state index contributed by atoms with van der Waals surface area (Å²) < 4.78 is 12.2. The molecule has 1 saturated carbocycles. The molecule has 6 nitrogen and oxygen atoms in total. The number of rotatable bonds is 3. The van der Waals surface area contributed by atoms with Crippen molar-refractivity contribution in [1.29, 1.82) is 21.2 Å². The zero-order valence-electron chi connectivity index (χ0n) is 14.1. The molecule has 3 aliphatic rings. The molecule has 3 fully saturated rings. The second-order valence-corrected chi connectivity index (χ2v) is 7.11. The number of nitrogens with zero attached hydrogens (tertiary/aromatic N) is 3.